The maximum Gasteiger partial charge on any atom is 0.269 e. The summed E-state index contributed by atoms with van der Waals surface area (Å²) in [5, 5.41) is 13.7. The molecule has 0 aliphatic carbocycles. The van der Waals surface area contributed by atoms with Crippen LogP contribution in [-0.4, -0.2) is 21.1 Å². The van der Waals surface area contributed by atoms with Crippen LogP contribution in [0, 0.1) is 17.0 Å². The monoisotopic (exact) mass is 373 g/mol. The zero-order chi connectivity index (χ0) is 18.0. The number of carbonyl (C=O) groups excluding carboxylic acids is 1. The van der Waals surface area contributed by atoms with E-state index >= 15 is 0 Å². The fraction of sp³-hybridized carbons (Fsp3) is 0.176. The number of fused-ring (bicyclic) bond motifs is 1. The zero-order valence-corrected chi connectivity index (χ0v) is 15.2. The van der Waals surface area contributed by atoms with Crippen molar-refractivity contribution < 1.29 is 9.72 Å². The summed E-state index contributed by atoms with van der Waals surface area (Å²) in [6.45, 7) is 3.80. The minimum atomic E-state index is -0.445. The molecule has 6 nitrogen and oxygen atoms in total. The molecule has 3 aromatic rings. The van der Waals surface area contributed by atoms with Crippen LogP contribution in [0.3, 0.4) is 0 Å². The van der Waals surface area contributed by atoms with Gasteiger partial charge in [-0.1, -0.05) is 17.4 Å². The largest absolute Gasteiger partial charge is 0.301 e. The SMILES string of the molecule is Cc1ccc2nc(NC(=O)C(C)Sc3ccc([N+](=O)[O-])cc3)sc2c1. The van der Waals surface area contributed by atoms with Crippen molar-refractivity contribution in [1.82, 2.24) is 4.98 Å². The van der Waals surface area contributed by atoms with Gasteiger partial charge in [0.1, 0.15) is 0 Å². The summed E-state index contributed by atoms with van der Waals surface area (Å²) in [6, 6.07) is 12.1. The van der Waals surface area contributed by atoms with Crippen LogP contribution >= 0.6 is 23.1 Å². The number of carbonyl (C=O) groups is 1. The van der Waals surface area contributed by atoms with Gasteiger partial charge in [-0.15, -0.1) is 11.8 Å². The van der Waals surface area contributed by atoms with E-state index in [1.807, 2.05) is 25.1 Å². The number of nitrogens with zero attached hydrogens (tertiary/aromatic N) is 2. The van der Waals surface area contributed by atoms with E-state index in [0.717, 1.165) is 20.7 Å². The summed E-state index contributed by atoms with van der Waals surface area (Å²) in [5.41, 5.74) is 2.05. The lowest BCUT2D eigenvalue weighted by Gasteiger charge is -2.10. The molecule has 8 heteroatoms. The summed E-state index contributed by atoms with van der Waals surface area (Å²) in [4.78, 5) is 27.8. The number of aryl methyl sites for hydroxylation is 1. The summed E-state index contributed by atoms with van der Waals surface area (Å²) < 4.78 is 1.03. The maximum atomic E-state index is 12.4. The topological polar surface area (TPSA) is 85.1 Å². The molecule has 0 saturated heterocycles. The van der Waals surface area contributed by atoms with Crippen molar-refractivity contribution in [3.05, 3.63) is 58.1 Å². The number of rotatable bonds is 5. The number of non-ortho nitro benzene ring substituents is 1. The molecule has 0 saturated carbocycles. The van der Waals surface area contributed by atoms with E-state index < -0.39 is 4.92 Å². The predicted molar refractivity (Wildman–Crippen MR) is 101 cm³/mol. The van der Waals surface area contributed by atoms with Crippen LogP contribution in [0.25, 0.3) is 10.2 Å². The first kappa shape index (κ1) is 17.4. The lowest BCUT2D eigenvalue weighted by Crippen LogP contribution is -2.22. The maximum absolute atomic E-state index is 12.4. The Morgan fingerprint density at radius 2 is 2.00 bits per heavy atom. The van der Waals surface area contributed by atoms with E-state index in [-0.39, 0.29) is 16.8 Å². The summed E-state index contributed by atoms with van der Waals surface area (Å²) in [7, 11) is 0. The third-order valence-corrected chi connectivity index (χ3v) is 5.55. The average Bonchev–Trinajstić information content (AvgIpc) is 2.96. The second-order valence-electron chi connectivity index (χ2n) is 5.49. The van der Waals surface area contributed by atoms with Gasteiger partial charge in [0, 0.05) is 17.0 Å². The van der Waals surface area contributed by atoms with E-state index in [9.17, 15) is 14.9 Å². The zero-order valence-electron chi connectivity index (χ0n) is 13.6. The minimum absolute atomic E-state index is 0.0335. The molecule has 0 aliphatic rings. The second-order valence-corrected chi connectivity index (χ2v) is 7.94. The highest BCUT2D eigenvalue weighted by Crippen LogP contribution is 2.29. The molecule has 0 bridgehead atoms. The molecule has 0 fully saturated rings. The van der Waals surface area contributed by atoms with Gasteiger partial charge in [-0.05, 0) is 43.7 Å². The van der Waals surface area contributed by atoms with Gasteiger partial charge in [0.25, 0.3) is 5.69 Å². The highest BCUT2D eigenvalue weighted by Gasteiger charge is 2.17. The highest BCUT2D eigenvalue weighted by atomic mass is 32.2. The van der Waals surface area contributed by atoms with Crippen molar-refractivity contribution >= 4 is 50.0 Å². The number of nitrogens with one attached hydrogen (secondary N) is 1. The molecule has 25 heavy (non-hydrogen) atoms. The number of amides is 1. The van der Waals surface area contributed by atoms with Crippen molar-refractivity contribution in [3.8, 4) is 0 Å². The average molecular weight is 373 g/mol. The van der Waals surface area contributed by atoms with Crippen LogP contribution in [-0.2, 0) is 4.79 Å². The van der Waals surface area contributed by atoms with E-state index in [2.05, 4.69) is 10.3 Å². The molecule has 1 heterocycles. The Bertz CT molecular complexity index is 938. The minimum Gasteiger partial charge on any atom is -0.301 e. The molecule has 3 rings (SSSR count). The third-order valence-electron chi connectivity index (χ3n) is 3.50. The Morgan fingerprint density at radius 3 is 2.68 bits per heavy atom. The Hall–Kier alpha value is -2.45. The number of thioether (sulfide) groups is 1. The molecule has 1 aromatic heterocycles. The number of anilines is 1. The molecule has 128 valence electrons. The van der Waals surface area contributed by atoms with E-state index in [1.165, 1.54) is 35.2 Å². The molecule has 0 radical (unpaired) electrons. The fourth-order valence-electron chi connectivity index (χ4n) is 2.20. The van der Waals surface area contributed by atoms with Gasteiger partial charge in [0.15, 0.2) is 5.13 Å². The van der Waals surface area contributed by atoms with E-state index in [1.54, 1.807) is 19.1 Å². The molecule has 2 aromatic carbocycles. The standard InChI is InChI=1S/C17H15N3O3S2/c1-10-3-8-14-15(9-10)25-17(18-14)19-16(21)11(2)24-13-6-4-12(5-7-13)20(22)23/h3-9,11H,1-2H3,(H,18,19,21). The number of hydrogen-bond donors (Lipinski definition) is 1. The van der Waals surface area contributed by atoms with Crippen LogP contribution in [0.4, 0.5) is 10.8 Å². The van der Waals surface area contributed by atoms with Gasteiger partial charge in [-0.2, -0.15) is 0 Å². The Morgan fingerprint density at radius 1 is 1.28 bits per heavy atom. The van der Waals surface area contributed by atoms with Crippen molar-refractivity contribution in [3.63, 3.8) is 0 Å². The van der Waals surface area contributed by atoms with Crippen molar-refractivity contribution in [2.24, 2.45) is 0 Å². The number of nitro groups is 1. The van der Waals surface area contributed by atoms with Crippen molar-refractivity contribution in [1.29, 1.82) is 0 Å². The lowest BCUT2D eigenvalue weighted by atomic mass is 10.2. The van der Waals surface area contributed by atoms with Gasteiger partial charge in [0.05, 0.1) is 20.4 Å². The quantitative estimate of drug-likeness (QED) is 0.400. The number of nitro benzene ring substituents is 1. The van der Waals surface area contributed by atoms with Crippen LogP contribution in [0.1, 0.15) is 12.5 Å². The molecule has 0 aliphatic heterocycles. The molecule has 1 atom stereocenters. The van der Waals surface area contributed by atoms with Gasteiger partial charge in [-0.25, -0.2) is 4.98 Å². The molecular weight excluding hydrogens is 358 g/mol. The number of hydrogen-bond acceptors (Lipinski definition) is 6. The first-order valence-electron chi connectivity index (χ1n) is 7.51. The van der Waals surface area contributed by atoms with Crippen LogP contribution < -0.4 is 5.32 Å². The molecule has 0 spiro atoms. The Kier molecular flexibility index (Phi) is 5.00. The number of thiazole rings is 1. The van der Waals surface area contributed by atoms with Crippen LogP contribution in [0.2, 0.25) is 0 Å². The molecular formula is C17H15N3O3S2. The number of aromatic nitrogens is 1. The van der Waals surface area contributed by atoms with Gasteiger partial charge >= 0.3 is 0 Å². The van der Waals surface area contributed by atoms with Crippen molar-refractivity contribution in [2.75, 3.05) is 5.32 Å². The van der Waals surface area contributed by atoms with E-state index in [0.29, 0.717) is 5.13 Å². The van der Waals surface area contributed by atoms with Crippen LogP contribution in [0.5, 0.6) is 0 Å². The first-order chi connectivity index (χ1) is 11.9. The van der Waals surface area contributed by atoms with Crippen molar-refractivity contribution in [2.45, 2.75) is 24.0 Å². The van der Waals surface area contributed by atoms with Crippen LogP contribution in [0.15, 0.2) is 47.4 Å². The normalized spacial score (nSPS) is 12.1. The highest BCUT2D eigenvalue weighted by molar-refractivity contribution is 8.00. The third kappa shape index (κ3) is 4.15. The van der Waals surface area contributed by atoms with E-state index in [4.69, 9.17) is 0 Å². The van der Waals surface area contributed by atoms with Gasteiger partial charge in [0.2, 0.25) is 5.91 Å². The summed E-state index contributed by atoms with van der Waals surface area (Å²) in [6.07, 6.45) is 0. The summed E-state index contributed by atoms with van der Waals surface area (Å²) >= 11 is 2.78. The predicted octanol–water partition coefficient (Wildman–Crippen LogP) is 4.63. The first-order valence-corrected chi connectivity index (χ1v) is 9.21. The van der Waals surface area contributed by atoms with Gasteiger partial charge in [-0.3, -0.25) is 14.9 Å². The molecule has 1 N–H and O–H groups in total. The molecule has 1 unspecified atom stereocenters. The molecule has 1 amide bonds. The second kappa shape index (κ2) is 7.20. The lowest BCUT2D eigenvalue weighted by molar-refractivity contribution is -0.384. The van der Waals surface area contributed by atoms with Gasteiger partial charge < -0.3 is 5.32 Å². The fourth-order valence-corrected chi connectivity index (χ4v) is 4.03. The number of benzene rings is 2. The summed E-state index contributed by atoms with van der Waals surface area (Å²) in [5.74, 6) is -0.154. The Labute approximate surface area is 152 Å². The Balaban J connectivity index is 1.66. The smallest absolute Gasteiger partial charge is 0.269 e.